The molecule has 0 saturated carbocycles. The van der Waals surface area contributed by atoms with Gasteiger partial charge in [-0.3, -0.25) is 0 Å². The van der Waals surface area contributed by atoms with Crippen molar-refractivity contribution in [3.63, 3.8) is 0 Å². The van der Waals surface area contributed by atoms with E-state index in [4.69, 9.17) is 0 Å². The van der Waals surface area contributed by atoms with Gasteiger partial charge < -0.3 is 9.80 Å². The van der Waals surface area contributed by atoms with Crippen molar-refractivity contribution in [3.8, 4) is 0 Å². The highest BCUT2D eigenvalue weighted by atomic mass is 15.2. The largest absolute Gasteiger partial charge is 0.309 e. The molecule has 0 saturated heterocycles. The van der Waals surface area contributed by atoms with E-state index in [0.29, 0.717) is 47.3 Å². The zero-order chi connectivity index (χ0) is 58.7. The Morgan fingerprint density at radius 1 is 0.263 bits per heavy atom. The molecule has 0 spiro atoms. The minimum atomic E-state index is -0.104. The molecule has 0 fully saturated rings. The Morgan fingerprint density at radius 2 is 0.450 bits per heavy atom. The molecule has 0 heterocycles. The molecule has 0 aliphatic rings. The van der Waals surface area contributed by atoms with Gasteiger partial charge in [0.05, 0.1) is 11.4 Å². The summed E-state index contributed by atoms with van der Waals surface area (Å²) < 4.78 is 0. The van der Waals surface area contributed by atoms with Gasteiger partial charge in [0.15, 0.2) is 0 Å². The topological polar surface area (TPSA) is 6.48 Å². The van der Waals surface area contributed by atoms with Gasteiger partial charge in [-0.1, -0.05) is 201 Å². The van der Waals surface area contributed by atoms with Crippen molar-refractivity contribution in [1.29, 1.82) is 0 Å². The lowest BCUT2D eigenvalue weighted by Crippen LogP contribution is -2.18. The third-order valence-corrected chi connectivity index (χ3v) is 19.6. The molecule has 8 atom stereocenters. The summed E-state index contributed by atoms with van der Waals surface area (Å²) in [6.45, 7) is 52.6. The average Bonchev–Trinajstić information content (AvgIpc) is 3.64. The molecule has 0 aliphatic heterocycles. The monoisotopic (exact) mass is 1070 g/mol. The number of hydrogen-bond acceptors (Lipinski definition) is 2. The van der Waals surface area contributed by atoms with Crippen molar-refractivity contribution in [2.75, 3.05) is 9.80 Å². The Labute approximate surface area is 489 Å². The van der Waals surface area contributed by atoms with Crippen LogP contribution in [0.1, 0.15) is 307 Å². The molecular weight excluding hydrogens is 965 g/mol. The maximum absolute atomic E-state index is 2.76. The Morgan fingerprint density at radius 3 is 0.613 bits per heavy atom. The molecule has 8 unspecified atom stereocenters. The van der Waals surface area contributed by atoms with Gasteiger partial charge in [0.25, 0.3) is 0 Å². The predicted molar refractivity (Wildman–Crippen MR) is 358 cm³/mol. The van der Waals surface area contributed by atoms with Crippen molar-refractivity contribution in [2.45, 2.75) is 262 Å². The fourth-order valence-electron chi connectivity index (χ4n) is 11.7. The minimum absolute atomic E-state index is 0.104. The first kappa shape index (κ1) is 62.3. The van der Waals surface area contributed by atoms with E-state index in [9.17, 15) is 0 Å². The normalized spacial score (nSPS) is 15.4. The van der Waals surface area contributed by atoms with Crippen LogP contribution >= 0.6 is 0 Å². The fraction of sp³-hybridized carbons (Fsp3) is 0.513. The lowest BCUT2D eigenvalue weighted by molar-refractivity contribution is 0.590. The van der Waals surface area contributed by atoms with Crippen molar-refractivity contribution in [3.05, 3.63) is 165 Å². The van der Waals surface area contributed by atoms with Gasteiger partial charge in [-0.25, -0.2) is 0 Å². The number of hydrogen-bond donors (Lipinski definition) is 0. The smallest absolute Gasteiger partial charge is 0.0620 e. The zero-order valence-electron chi connectivity index (χ0n) is 54.6. The Hall–Kier alpha value is -5.34. The molecule has 0 radical (unpaired) electrons. The molecule has 0 bridgehead atoms. The van der Waals surface area contributed by atoms with E-state index in [2.05, 4.69) is 271 Å². The van der Waals surface area contributed by atoms with E-state index in [1.807, 2.05) is 0 Å². The summed E-state index contributed by atoms with van der Waals surface area (Å²) in [6, 6.07) is 45.9. The highest BCUT2D eigenvalue weighted by Crippen LogP contribution is 2.54. The summed E-state index contributed by atoms with van der Waals surface area (Å²) >= 11 is 0. The van der Waals surface area contributed by atoms with E-state index in [-0.39, 0.29) is 10.8 Å². The second-order valence-electron chi connectivity index (χ2n) is 27.3. The lowest BCUT2D eigenvalue weighted by Gasteiger charge is -2.36. The lowest BCUT2D eigenvalue weighted by atomic mass is 9.82. The molecule has 0 amide bonds. The van der Waals surface area contributed by atoms with Crippen molar-refractivity contribution in [2.24, 2.45) is 0 Å². The maximum atomic E-state index is 2.76. The van der Waals surface area contributed by atoms with Gasteiger partial charge in [-0.05, 0) is 226 Å². The summed E-state index contributed by atoms with van der Waals surface area (Å²) in [6.07, 6.45) is 8.67. The summed E-state index contributed by atoms with van der Waals surface area (Å²) in [7, 11) is 0. The van der Waals surface area contributed by atoms with Crippen molar-refractivity contribution >= 4 is 55.7 Å². The van der Waals surface area contributed by atoms with E-state index in [0.717, 1.165) is 51.4 Å². The molecule has 7 aromatic rings. The Balaban J connectivity index is 1.85. The highest BCUT2D eigenvalue weighted by molar-refractivity contribution is 6.23. The molecule has 0 N–H and O–H groups in total. The SMILES string of the molecule is CCC(C)c1cc(C(C)CC)cc(N(c2cc(C(C)CC)cc(C(C)CC)c2)c2c3ccc(C(C)(C)C)cc3c(N(c3cc(C(C)CC)cc(C(C)CC)c3)c3cc(C(C)CC)cc(C(C)CC)c3)c3ccc(C(C)(C)C)cc23)c1. The first-order chi connectivity index (χ1) is 37.8. The van der Waals surface area contributed by atoms with Crippen LogP contribution in [-0.2, 0) is 10.8 Å². The maximum Gasteiger partial charge on any atom is 0.0620 e. The molecule has 7 aromatic carbocycles. The van der Waals surface area contributed by atoms with Crippen LogP contribution in [0.4, 0.5) is 34.1 Å². The van der Waals surface area contributed by atoms with Crippen LogP contribution in [0.15, 0.2) is 109 Å². The number of anilines is 6. The molecule has 80 heavy (non-hydrogen) atoms. The summed E-state index contributed by atoms with van der Waals surface area (Å²) in [5.74, 6) is 3.27. The number of fused-ring (bicyclic) bond motifs is 2. The Bertz CT molecular complexity index is 2760. The first-order valence-electron chi connectivity index (χ1n) is 32.1. The summed E-state index contributed by atoms with van der Waals surface area (Å²) in [4.78, 5) is 5.51. The third kappa shape index (κ3) is 13.1. The molecule has 2 heteroatoms. The fourth-order valence-corrected chi connectivity index (χ4v) is 11.7. The average molecular weight is 1070 g/mol. The molecule has 430 valence electrons. The van der Waals surface area contributed by atoms with E-state index in [1.165, 1.54) is 111 Å². The summed E-state index contributed by atoms with van der Waals surface area (Å²) in [5.41, 5.74) is 21.4. The second-order valence-corrected chi connectivity index (χ2v) is 27.3. The molecule has 0 aliphatic carbocycles. The van der Waals surface area contributed by atoms with E-state index in [1.54, 1.807) is 0 Å². The third-order valence-electron chi connectivity index (χ3n) is 19.6. The van der Waals surface area contributed by atoms with Crippen molar-refractivity contribution < 1.29 is 0 Å². The van der Waals surface area contributed by atoms with Crippen LogP contribution in [-0.4, -0.2) is 0 Å². The quantitative estimate of drug-likeness (QED) is 0.0493. The molecule has 7 rings (SSSR count). The molecule has 2 nitrogen and oxygen atoms in total. The van der Waals surface area contributed by atoms with Crippen LogP contribution in [0.2, 0.25) is 0 Å². The predicted octanol–water partition coefficient (Wildman–Crippen LogP) is 25.6. The Kier molecular flexibility index (Phi) is 20.1. The van der Waals surface area contributed by atoms with Crippen LogP contribution < -0.4 is 9.80 Å². The number of rotatable bonds is 22. The van der Waals surface area contributed by atoms with Gasteiger partial charge in [0.1, 0.15) is 0 Å². The van der Waals surface area contributed by atoms with Crippen LogP contribution in [0.5, 0.6) is 0 Å². The van der Waals surface area contributed by atoms with Gasteiger partial charge in [0, 0.05) is 44.3 Å². The number of benzene rings is 7. The minimum Gasteiger partial charge on any atom is -0.309 e. The van der Waals surface area contributed by atoms with Crippen LogP contribution in [0.3, 0.4) is 0 Å². The van der Waals surface area contributed by atoms with Gasteiger partial charge in [0.2, 0.25) is 0 Å². The summed E-state index contributed by atoms with van der Waals surface area (Å²) in [5, 5.41) is 5.11. The highest BCUT2D eigenvalue weighted by Gasteiger charge is 2.31. The molecule has 0 aromatic heterocycles. The van der Waals surface area contributed by atoms with Gasteiger partial charge in [-0.2, -0.15) is 0 Å². The standard InChI is InChI=1S/C78H108N2/c1-23-49(9)57-35-58(50(10)24-2)40-67(39-57)79(68-41-59(51(11)25-3)36-60(42-68)52(12)26-4)75-71-33-31-66(78(20,21)22)48-74(71)76(72-34-32-65(47-73(72)75)77(17,18)19)80(69-43-61(53(13)27-5)37-62(44-69)54(14)28-6)70-45-63(55(15)29-7)38-64(46-70)56(16)30-8/h31-56H,23-30H2,1-22H3. The molecular formula is C78H108N2. The zero-order valence-corrected chi connectivity index (χ0v) is 54.6. The van der Waals surface area contributed by atoms with Crippen molar-refractivity contribution in [1.82, 2.24) is 0 Å². The van der Waals surface area contributed by atoms with E-state index < -0.39 is 0 Å². The van der Waals surface area contributed by atoms with Gasteiger partial charge >= 0.3 is 0 Å². The number of nitrogens with zero attached hydrogens (tertiary/aromatic N) is 2. The van der Waals surface area contributed by atoms with Crippen LogP contribution in [0.25, 0.3) is 21.5 Å². The van der Waals surface area contributed by atoms with Gasteiger partial charge in [-0.15, -0.1) is 0 Å². The second kappa shape index (κ2) is 25.8. The first-order valence-corrected chi connectivity index (χ1v) is 32.1. The van der Waals surface area contributed by atoms with E-state index >= 15 is 0 Å². The van der Waals surface area contributed by atoms with Crippen LogP contribution in [0, 0.1) is 0 Å².